The van der Waals surface area contributed by atoms with Crippen LogP contribution < -0.4 is 11.0 Å². The van der Waals surface area contributed by atoms with Crippen molar-refractivity contribution in [3.63, 3.8) is 0 Å². The molecule has 0 radical (unpaired) electrons. The van der Waals surface area contributed by atoms with Crippen LogP contribution in [0.25, 0.3) is 22.3 Å². The van der Waals surface area contributed by atoms with Crippen LogP contribution in [-0.4, -0.2) is 15.6 Å². The third-order valence-corrected chi connectivity index (χ3v) is 5.08. The van der Waals surface area contributed by atoms with E-state index in [1.807, 2.05) is 38.1 Å². The van der Waals surface area contributed by atoms with Crippen LogP contribution in [0.5, 0.6) is 0 Å². The fraction of sp³-hybridized carbons (Fsp3) is 0.0870. The van der Waals surface area contributed by atoms with Gasteiger partial charge in [-0.1, -0.05) is 41.9 Å². The highest BCUT2D eigenvalue weighted by Crippen LogP contribution is 2.21. The van der Waals surface area contributed by atoms with E-state index in [4.69, 9.17) is 11.6 Å². The van der Waals surface area contributed by atoms with Crippen LogP contribution in [0, 0.1) is 13.8 Å². The predicted octanol–water partition coefficient (Wildman–Crippen LogP) is 4.72. The number of aryl methyl sites for hydroxylation is 2. The lowest BCUT2D eigenvalue weighted by Gasteiger charge is -2.15. The van der Waals surface area contributed by atoms with Crippen LogP contribution in [0.3, 0.4) is 0 Å². The molecule has 0 aliphatic heterocycles. The van der Waals surface area contributed by atoms with E-state index < -0.39 is 5.91 Å². The van der Waals surface area contributed by atoms with E-state index in [1.165, 1.54) is 4.68 Å². The topological polar surface area (TPSA) is 64.0 Å². The van der Waals surface area contributed by atoms with Gasteiger partial charge in [0.05, 0.1) is 10.9 Å². The number of aromatic nitrogens is 2. The molecule has 0 saturated carbocycles. The number of carbonyl (C=O) groups excluding carboxylic acids is 1. The van der Waals surface area contributed by atoms with Crippen molar-refractivity contribution in [1.82, 2.24) is 9.66 Å². The summed E-state index contributed by atoms with van der Waals surface area (Å²) in [5.41, 5.74) is 6.20. The Bertz CT molecular complexity index is 1310. The molecular weight excluding hydrogens is 386 g/mol. The van der Waals surface area contributed by atoms with Gasteiger partial charge in [0.15, 0.2) is 5.82 Å². The molecule has 4 rings (SSSR count). The number of rotatable bonds is 3. The maximum absolute atomic E-state index is 13.2. The van der Waals surface area contributed by atoms with Crippen LogP contribution in [0.1, 0.15) is 21.5 Å². The molecule has 144 valence electrons. The first-order valence-corrected chi connectivity index (χ1v) is 9.48. The van der Waals surface area contributed by atoms with Crippen LogP contribution >= 0.6 is 11.6 Å². The second kappa shape index (κ2) is 7.53. The Labute approximate surface area is 172 Å². The summed E-state index contributed by atoms with van der Waals surface area (Å²) in [6, 6.07) is 19.4. The molecule has 4 aromatic rings. The Balaban J connectivity index is 1.91. The zero-order valence-corrected chi connectivity index (χ0v) is 16.7. The lowest BCUT2D eigenvalue weighted by Crippen LogP contribution is -2.35. The van der Waals surface area contributed by atoms with Gasteiger partial charge in [0, 0.05) is 16.1 Å². The highest BCUT2D eigenvalue weighted by molar-refractivity contribution is 6.31. The lowest BCUT2D eigenvalue weighted by atomic mass is 10.1. The smallest absolute Gasteiger partial charge is 0.267 e. The van der Waals surface area contributed by atoms with E-state index in [0.29, 0.717) is 27.3 Å². The SMILES string of the molecule is Cc1ccc(-c2nc3ccccc3c(=O)n2NC(=O)c2cccc(Cl)c2)cc1C. The number of benzene rings is 3. The van der Waals surface area contributed by atoms with Crippen LogP contribution in [0.15, 0.2) is 71.5 Å². The molecule has 1 N–H and O–H groups in total. The molecule has 1 heterocycles. The fourth-order valence-electron chi connectivity index (χ4n) is 3.11. The van der Waals surface area contributed by atoms with E-state index in [0.717, 1.165) is 16.7 Å². The summed E-state index contributed by atoms with van der Waals surface area (Å²) in [6.45, 7) is 4.01. The van der Waals surface area contributed by atoms with Crippen molar-refractivity contribution < 1.29 is 4.79 Å². The molecule has 1 aromatic heterocycles. The second-order valence-corrected chi connectivity index (χ2v) is 7.28. The number of fused-ring (bicyclic) bond motifs is 1. The van der Waals surface area contributed by atoms with Gasteiger partial charge in [0.25, 0.3) is 11.5 Å². The Morgan fingerprint density at radius 2 is 1.76 bits per heavy atom. The van der Waals surface area contributed by atoms with Crippen LogP contribution in [0.4, 0.5) is 0 Å². The number of amides is 1. The molecule has 1 amide bonds. The molecule has 29 heavy (non-hydrogen) atoms. The molecule has 0 aliphatic rings. The maximum atomic E-state index is 13.2. The minimum Gasteiger partial charge on any atom is -0.267 e. The summed E-state index contributed by atoms with van der Waals surface area (Å²) in [5, 5.41) is 0.863. The van der Waals surface area contributed by atoms with Gasteiger partial charge in [0.2, 0.25) is 0 Å². The molecule has 0 atom stereocenters. The van der Waals surface area contributed by atoms with Gasteiger partial charge in [0.1, 0.15) is 0 Å². The summed E-state index contributed by atoms with van der Waals surface area (Å²) in [5.74, 6) is -0.0797. The number of nitrogens with zero attached hydrogens (tertiary/aromatic N) is 2. The van der Waals surface area contributed by atoms with Crippen molar-refractivity contribution in [2.45, 2.75) is 13.8 Å². The van der Waals surface area contributed by atoms with Gasteiger partial charge in [-0.3, -0.25) is 15.0 Å². The van der Waals surface area contributed by atoms with Crippen molar-refractivity contribution in [2.75, 3.05) is 5.43 Å². The zero-order chi connectivity index (χ0) is 20.5. The van der Waals surface area contributed by atoms with Crippen LogP contribution in [-0.2, 0) is 0 Å². The molecule has 0 spiro atoms. The number of carbonyl (C=O) groups is 1. The van der Waals surface area contributed by atoms with Crippen molar-refractivity contribution >= 4 is 28.4 Å². The number of hydrogen-bond acceptors (Lipinski definition) is 3. The first kappa shape index (κ1) is 18.9. The third-order valence-electron chi connectivity index (χ3n) is 4.84. The maximum Gasteiger partial charge on any atom is 0.280 e. The Hall–Kier alpha value is -3.44. The molecular formula is C23H18ClN3O2. The van der Waals surface area contributed by atoms with E-state index >= 15 is 0 Å². The summed E-state index contributed by atoms with van der Waals surface area (Å²) >= 11 is 6.00. The standard InChI is InChI=1S/C23H18ClN3O2/c1-14-10-11-16(12-15(14)2)21-25-20-9-4-3-8-19(20)23(29)27(21)26-22(28)17-6-5-7-18(24)13-17/h3-13H,1-2H3,(H,26,28). The van der Waals surface area contributed by atoms with Gasteiger partial charge >= 0.3 is 0 Å². The van der Waals surface area contributed by atoms with E-state index in [9.17, 15) is 9.59 Å². The van der Waals surface area contributed by atoms with E-state index in [2.05, 4.69) is 10.4 Å². The highest BCUT2D eigenvalue weighted by Gasteiger charge is 2.16. The fourth-order valence-corrected chi connectivity index (χ4v) is 3.30. The molecule has 0 unspecified atom stereocenters. The van der Waals surface area contributed by atoms with Gasteiger partial charge in [-0.15, -0.1) is 0 Å². The summed E-state index contributed by atoms with van der Waals surface area (Å²) in [7, 11) is 0. The van der Waals surface area contributed by atoms with E-state index in [-0.39, 0.29) is 5.56 Å². The minimum absolute atomic E-state index is 0.348. The van der Waals surface area contributed by atoms with Crippen molar-refractivity contribution in [3.05, 3.63) is 98.8 Å². The monoisotopic (exact) mass is 403 g/mol. The number of nitrogens with one attached hydrogen (secondary N) is 1. The summed E-state index contributed by atoms with van der Waals surface area (Å²) in [6.07, 6.45) is 0. The zero-order valence-electron chi connectivity index (χ0n) is 15.9. The van der Waals surface area contributed by atoms with Crippen LogP contribution in [0.2, 0.25) is 5.02 Å². The molecule has 6 heteroatoms. The first-order chi connectivity index (χ1) is 13.9. The highest BCUT2D eigenvalue weighted by atomic mass is 35.5. The van der Waals surface area contributed by atoms with Crippen molar-refractivity contribution in [3.8, 4) is 11.4 Å². The second-order valence-electron chi connectivity index (χ2n) is 6.84. The normalized spacial score (nSPS) is 10.9. The van der Waals surface area contributed by atoms with Crippen molar-refractivity contribution in [2.24, 2.45) is 0 Å². The average molecular weight is 404 g/mol. The summed E-state index contributed by atoms with van der Waals surface area (Å²) < 4.78 is 1.20. The number of para-hydroxylation sites is 1. The summed E-state index contributed by atoms with van der Waals surface area (Å²) in [4.78, 5) is 30.7. The largest absolute Gasteiger partial charge is 0.280 e. The molecule has 5 nitrogen and oxygen atoms in total. The molecule has 3 aromatic carbocycles. The predicted molar refractivity (Wildman–Crippen MR) is 116 cm³/mol. The van der Waals surface area contributed by atoms with Gasteiger partial charge in [-0.25, -0.2) is 4.98 Å². The lowest BCUT2D eigenvalue weighted by molar-refractivity contribution is 0.101. The van der Waals surface area contributed by atoms with Gasteiger partial charge < -0.3 is 0 Å². The number of halogens is 1. The average Bonchev–Trinajstić information content (AvgIpc) is 2.72. The Morgan fingerprint density at radius 1 is 0.966 bits per heavy atom. The molecule has 0 fully saturated rings. The quantitative estimate of drug-likeness (QED) is 0.538. The van der Waals surface area contributed by atoms with Gasteiger partial charge in [-0.2, -0.15) is 4.68 Å². The Kier molecular flexibility index (Phi) is 4.91. The van der Waals surface area contributed by atoms with Gasteiger partial charge in [-0.05, 0) is 61.4 Å². The minimum atomic E-state index is -0.447. The Morgan fingerprint density at radius 3 is 2.52 bits per heavy atom. The first-order valence-electron chi connectivity index (χ1n) is 9.10. The number of hydrogen-bond donors (Lipinski definition) is 1. The third kappa shape index (κ3) is 3.65. The molecule has 0 saturated heterocycles. The molecule has 0 aliphatic carbocycles. The van der Waals surface area contributed by atoms with Crippen molar-refractivity contribution in [1.29, 1.82) is 0 Å². The molecule has 0 bridgehead atoms. The van der Waals surface area contributed by atoms with E-state index in [1.54, 1.807) is 42.5 Å².